The number of hydrogen-bond donors (Lipinski definition) is 0. The normalized spacial score (nSPS) is 24.5. The van der Waals surface area contributed by atoms with Gasteiger partial charge < -0.3 is 4.90 Å². The molecule has 2 rings (SSSR count). The molecule has 1 nitrogen and oxygen atoms in total. The Bertz CT molecular complexity index is 332. The van der Waals surface area contributed by atoms with Gasteiger partial charge in [0.25, 0.3) is 0 Å². The summed E-state index contributed by atoms with van der Waals surface area (Å²) in [5.74, 6) is 0.669. The van der Waals surface area contributed by atoms with E-state index in [0.717, 1.165) is 23.8 Å². The van der Waals surface area contributed by atoms with Crippen LogP contribution < -0.4 is 0 Å². The predicted octanol–water partition coefficient (Wildman–Crippen LogP) is 3.43. The fourth-order valence-corrected chi connectivity index (χ4v) is 3.27. The van der Waals surface area contributed by atoms with Crippen LogP contribution in [0.5, 0.6) is 0 Å². The Morgan fingerprint density at radius 1 is 1.31 bits per heavy atom. The Balaban J connectivity index is 1.78. The minimum absolute atomic E-state index is 0.160. The van der Waals surface area contributed by atoms with Gasteiger partial charge in [-0.2, -0.15) is 0 Å². The summed E-state index contributed by atoms with van der Waals surface area (Å²) in [5.41, 5.74) is 1.18. The van der Waals surface area contributed by atoms with Gasteiger partial charge in [0.2, 0.25) is 0 Å². The van der Waals surface area contributed by atoms with E-state index in [2.05, 4.69) is 27.9 Å². The number of benzene rings is 1. The van der Waals surface area contributed by atoms with E-state index in [-0.39, 0.29) is 5.82 Å². The number of rotatable bonds is 4. The Morgan fingerprint density at radius 3 is 2.50 bits per heavy atom. The van der Waals surface area contributed by atoms with Crippen LogP contribution in [0.2, 0.25) is 0 Å². The molecule has 0 aliphatic heterocycles. The molecule has 1 aliphatic rings. The van der Waals surface area contributed by atoms with Crippen LogP contribution in [-0.2, 0) is 6.54 Å². The zero-order valence-electron chi connectivity index (χ0n) is 9.50. The largest absolute Gasteiger partial charge is 0.302 e. The van der Waals surface area contributed by atoms with E-state index in [4.69, 9.17) is 0 Å². The first-order valence-corrected chi connectivity index (χ1v) is 6.62. The van der Waals surface area contributed by atoms with Crippen LogP contribution >= 0.6 is 15.9 Å². The monoisotopic (exact) mass is 285 g/mol. The van der Waals surface area contributed by atoms with Crippen molar-refractivity contribution >= 4 is 15.9 Å². The zero-order valence-corrected chi connectivity index (χ0v) is 11.1. The van der Waals surface area contributed by atoms with Gasteiger partial charge in [0.05, 0.1) is 0 Å². The minimum atomic E-state index is -0.160. The van der Waals surface area contributed by atoms with Crippen molar-refractivity contribution in [3.05, 3.63) is 35.6 Å². The van der Waals surface area contributed by atoms with Crippen molar-refractivity contribution in [1.82, 2.24) is 4.90 Å². The van der Waals surface area contributed by atoms with E-state index in [1.165, 1.54) is 30.5 Å². The molecule has 0 amide bonds. The van der Waals surface area contributed by atoms with E-state index in [0.29, 0.717) is 0 Å². The molecule has 1 saturated carbocycles. The van der Waals surface area contributed by atoms with Crippen molar-refractivity contribution in [2.45, 2.75) is 24.2 Å². The highest BCUT2D eigenvalue weighted by atomic mass is 79.9. The van der Waals surface area contributed by atoms with Gasteiger partial charge in [-0.15, -0.1) is 0 Å². The average molecular weight is 286 g/mol. The standard InChI is InChI=1S/C13H17BrFN/c1-16(9-11-6-12(14)7-11)8-10-2-4-13(15)5-3-10/h2-5,11-12H,6-9H2,1H3. The van der Waals surface area contributed by atoms with Crippen LogP contribution in [0.15, 0.2) is 24.3 Å². The summed E-state index contributed by atoms with van der Waals surface area (Å²) in [6.07, 6.45) is 2.57. The molecule has 0 unspecified atom stereocenters. The molecule has 0 spiro atoms. The number of alkyl halides is 1. The Kier molecular flexibility index (Phi) is 3.98. The second-order valence-corrected chi connectivity index (χ2v) is 6.05. The lowest BCUT2D eigenvalue weighted by Gasteiger charge is -2.34. The molecule has 16 heavy (non-hydrogen) atoms. The summed E-state index contributed by atoms with van der Waals surface area (Å²) in [4.78, 5) is 3.05. The van der Waals surface area contributed by atoms with E-state index in [9.17, 15) is 4.39 Å². The first-order chi connectivity index (χ1) is 7.63. The lowest BCUT2D eigenvalue weighted by Crippen LogP contribution is -2.34. The lowest BCUT2D eigenvalue weighted by atomic mass is 9.85. The van der Waals surface area contributed by atoms with Crippen LogP contribution in [0.25, 0.3) is 0 Å². The predicted molar refractivity (Wildman–Crippen MR) is 68.2 cm³/mol. The molecular formula is C13H17BrFN. The number of halogens is 2. The maximum atomic E-state index is 12.7. The Hall–Kier alpha value is -0.410. The molecule has 3 heteroatoms. The maximum Gasteiger partial charge on any atom is 0.123 e. The lowest BCUT2D eigenvalue weighted by molar-refractivity contribution is 0.208. The molecule has 1 aromatic rings. The van der Waals surface area contributed by atoms with Gasteiger partial charge in [-0.25, -0.2) is 4.39 Å². The summed E-state index contributed by atoms with van der Waals surface area (Å²) in [6.45, 7) is 2.04. The molecule has 0 bridgehead atoms. The summed E-state index contributed by atoms with van der Waals surface area (Å²) in [6, 6.07) is 6.78. The van der Waals surface area contributed by atoms with Gasteiger partial charge in [0, 0.05) is 17.9 Å². The fourth-order valence-electron chi connectivity index (χ4n) is 2.21. The van der Waals surface area contributed by atoms with Crippen LogP contribution in [0.3, 0.4) is 0 Å². The SMILES string of the molecule is CN(Cc1ccc(F)cc1)CC1CC(Br)C1. The van der Waals surface area contributed by atoms with E-state index >= 15 is 0 Å². The van der Waals surface area contributed by atoms with Crippen LogP contribution in [0.4, 0.5) is 4.39 Å². The molecule has 0 N–H and O–H groups in total. The van der Waals surface area contributed by atoms with E-state index in [1.807, 2.05) is 12.1 Å². The third-order valence-corrected chi connectivity index (χ3v) is 3.86. The second kappa shape index (κ2) is 5.28. The highest BCUT2D eigenvalue weighted by Crippen LogP contribution is 2.33. The highest BCUT2D eigenvalue weighted by molar-refractivity contribution is 9.09. The van der Waals surface area contributed by atoms with Crippen molar-refractivity contribution in [2.24, 2.45) is 5.92 Å². The molecule has 0 radical (unpaired) electrons. The summed E-state index contributed by atoms with van der Waals surface area (Å²) >= 11 is 3.61. The van der Waals surface area contributed by atoms with Crippen molar-refractivity contribution in [3.63, 3.8) is 0 Å². The quantitative estimate of drug-likeness (QED) is 0.766. The van der Waals surface area contributed by atoms with E-state index in [1.54, 1.807) is 0 Å². The smallest absolute Gasteiger partial charge is 0.123 e. The first-order valence-electron chi connectivity index (χ1n) is 5.70. The fraction of sp³-hybridized carbons (Fsp3) is 0.538. The summed E-state index contributed by atoms with van der Waals surface area (Å²) in [7, 11) is 2.13. The molecule has 88 valence electrons. The van der Waals surface area contributed by atoms with Crippen molar-refractivity contribution < 1.29 is 4.39 Å². The van der Waals surface area contributed by atoms with Crippen molar-refractivity contribution in [2.75, 3.05) is 13.6 Å². The maximum absolute atomic E-state index is 12.7. The van der Waals surface area contributed by atoms with Crippen molar-refractivity contribution in [3.8, 4) is 0 Å². The Morgan fingerprint density at radius 2 is 1.94 bits per heavy atom. The molecule has 0 aromatic heterocycles. The molecule has 1 fully saturated rings. The average Bonchev–Trinajstić information content (AvgIpc) is 2.19. The topological polar surface area (TPSA) is 3.24 Å². The van der Waals surface area contributed by atoms with Crippen molar-refractivity contribution in [1.29, 1.82) is 0 Å². The number of nitrogens with zero attached hydrogens (tertiary/aromatic N) is 1. The molecule has 1 aliphatic carbocycles. The molecule has 0 heterocycles. The third kappa shape index (κ3) is 3.29. The van der Waals surface area contributed by atoms with Crippen LogP contribution in [0, 0.1) is 11.7 Å². The van der Waals surface area contributed by atoms with Gasteiger partial charge in [0.15, 0.2) is 0 Å². The van der Waals surface area contributed by atoms with Crippen LogP contribution in [-0.4, -0.2) is 23.3 Å². The zero-order chi connectivity index (χ0) is 11.5. The van der Waals surface area contributed by atoms with E-state index < -0.39 is 0 Å². The minimum Gasteiger partial charge on any atom is -0.302 e. The summed E-state index contributed by atoms with van der Waals surface area (Å²) in [5, 5.41) is 0. The number of hydrogen-bond acceptors (Lipinski definition) is 1. The summed E-state index contributed by atoms with van der Waals surface area (Å²) < 4.78 is 12.7. The van der Waals surface area contributed by atoms with Gasteiger partial charge in [0.1, 0.15) is 5.82 Å². The van der Waals surface area contributed by atoms with Gasteiger partial charge >= 0.3 is 0 Å². The van der Waals surface area contributed by atoms with Gasteiger partial charge in [-0.1, -0.05) is 28.1 Å². The van der Waals surface area contributed by atoms with Gasteiger partial charge in [-0.05, 0) is 43.5 Å². The molecule has 1 aromatic carbocycles. The molecular weight excluding hydrogens is 269 g/mol. The van der Waals surface area contributed by atoms with Gasteiger partial charge in [-0.3, -0.25) is 0 Å². The van der Waals surface area contributed by atoms with Crippen LogP contribution in [0.1, 0.15) is 18.4 Å². The highest BCUT2D eigenvalue weighted by Gasteiger charge is 2.27. The third-order valence-electron chi connectivity index (χ3n) is 3.11. The first kappa shape index (κ1) is 12.1. The molecule has 0 atom stereocenters. The second-order valence-electron chi connectivity index (χ2n) is 4.76. The molecule has 0 saturated heterocycles. The Labute approximate surface area is 105 Å².